The van der Waals surface area contributed by atoms with Gasteiger partial charge in [-0.25, -0.2) is 0 Å². The second kappa shape index (κ2) is 3.55. The molecule has 0 atom stereocenters. The average molecular weight is 276 g/mol. The fraction of sp³-hybridized carbons (Fsp3) is 0.444. The predicted molar refractivity (Wildman–Crippen MR) is 59.8 cm³/mol. The lowest BCUT2D eigenvalue weighted by molar-refractivity contribution is -0.142. The van der Waals surface area contributed by atoms with Crippen molar-refractivity contribution in [1.82, 2.24) is 0 Å². The van der Waals surface area contributed by atoms with Crippen LogP contribution in [0.5, 0.6) is 0 Å². The van der Waals surface area contributed by atoms with Gasteiger partial charge in [-0.1, -0.05) is 0 Å². The first-order chi connectivity index (χ1) is 6.62. The van der Waals surface area contributed by atoms with Crippen LogP contribution in [0.2, 0.25) is 0 Å². The highest BCUT2D eigenvalue weighted by atomic mass is 79.9. The number of aliphatic carboxylic acids is 1. The first-order valence-corrected chi connectivity index (χ1v) is 5.96. The average Bonchev–Trinajstić information content (AvgIpc) is 2.82. The number of nitrogens with one attached hydrogen (secondary N) is 1. The highest BCUT2D eigenvalue weighted by Gasteiger charge is 2.50. The quantitative estimate of drug-likeness (QED) is 0.889. The molecular formula is C9H10BrNO2S. The number of carbonyl (C=O) groups is 1. The number of carboxylic acids is 1. The van der Waals surface area contributed by atoms with Crippen molar-refractivity contribution in [1.29, 1.82) is 0 Å². The van der Waals surface area contributed by atoms with Gasteiger partial charge in [-0.3, -0.25) is 4.79 Å². The maximum absolute atomic E-state index is 10.9. The Bertz CT molecular complexity index is 359. The minimum Gasteiger partial charge on any atom is -0.481 e. The summed E-state index contributed by atoms with van der Waals surface area (Å²) >= 11 is 4.94. The lowest BCUT2D eigenvalue weighted by Crippen LogP contribution is -2.23. The Kier molecular flexibility index (Phi) is 2.53. The molecule has 5 heteroatoms. The Balaban J connectivity index is 1.92. The lowest BCUT2D eigenvalue weighted by Gasteiger charge is -2.10. The predicted octanol–water partition coefficient (Wildman–Crippen LogP) is 2.79. The van der Waals surface area contributed by atoms with E-state index >= 15 is 0 Å². The highest BCUT2D eigenvalue weighted by Crippen LogP contribution is 2.46. The molecule has 0 unspecified atom stereocenters. The number of hydrogen-bond donors (Lipinski definition) is 2. The van der Waals surface area contributed by atoms with E-state index in [1.807, 2.05) is 12.1 Å². The van der Waals surface area contributed by atoms with E-state index < -0.39 is 11.4 Å². The minimum absolute atomic E-state index is 0.490. The van der Waals surface area contributed by atoms with Gasteiger partial charge in [0.05, 0.1) is 14.2 Å². The summed E-state index contributed by atoms with van der Waals surface area (Å²) in [5, 5.41) is 13.1. The molecule has 1 heterocycles. The van der Waals surface area contributed by atoms with Gasteiger partial charge in [0.2, 0.25) is 0 Å². The van der Waals surface area contributed by atoms with Crippen molar-refractivity contribution in [2.75, 3.05) is 11.9 Å². The molecule has 0 aliphatic heterocycles. The molecule has 0 spiro atoms. The van der Waals surface area contributed by atoms with Gasteiger partial charge in [0.25, 0.3) is 0 Å². The molecule has 3 nitrogen and oxygen atoms in total. The summed E-state index contributed by atoms with van der Waals surface area (Å²) in [5.41, 5.74) is -0.490. The van der Waals surface area contributed by atoms with E-state index in [0.29, 0.717) is 6.54 Å². The first kappa shape index (κ1) is 9.98. The summed E-state index contributed by atoms with van der Waals surface area (Å²) in [7, 11) is 0. The van der Waals surface area contributed by atoms with Gasteiger partial charge < -0.3 is 10.4 Å². The van der Waals surface area contributed by atoms with Gasteiger partial charge in [0, 0.05) is 6.54 Å². The van der Waals surface area contributed by atoms with E-state index in [-0.39, 0.29) is 0 Å². The zero-order chi connectivity index (χ0) is 10.2. The molecule has 1 aromatic heterocycles. The molecule has 0 bridgehead atoms. The van der Waals surface area contributed by atoms with E-state index in [4.69, 9.17) is 5.11 Å². The van der Waals surface area contributed by atoms with Crippen LogP contribution in [0.15, 0.2) is 15.9 Å². The molecule has 1 aliphatic rings. The second-order valence-corrected chi connectivity index (χ2v) is 6.01. The Morgan fingerprint density at radius 1 is 1.64 bits per heavy atom. The molecule has 2 N–H and O–H groups in total. The van der Waals surface area contributed by atoms with E-state index in [1.165, 1.54) is 0 Å². The third-order valence-electron chi connectivity index (χ3n) is 2.48. The summed E-state index contributed by atoms with van der Waals surface area (Å²) in [6, 6.07) is 3.90. The Morgan fingerprint density at radius 3 is 2.79 bits per heavy atom. The summed E-state index contributed by atoms with van der Waals surface area (Å²) in [4.78, 5) is 10.9. The van der Waals surface area contributed by atoms with Crippen LogP contribution >= 0.6 is 27.3 Å². The molecule has 2 rings (SSSR count). The normalized spacial score (nSPS) is 17.8. The molecule has 1 fully saturated rings. The smallest absolute Gasteiger partial charge is 0.311 e. The fourth-order valence-corrected chi connectivity index (χ4v) is 2.56. The third-order valence-corrected chi connectivity index (χ3v) is 4.06. The number of halogens is 1. The zero-order valence-electron chi connectivity index (χ0n) is 7.42. The molecule has 0 saturated heterocycles. The van der Waals surface area contributed by atoms with Crippen LogP contribution in [-0.2, 0) is 4.79 Å². The summed E-state index contributed by atoms with van der Waals surface area (Å²) in [6.45, 7) is 0.537. The topological polar surface area (TPSA) is 49.3 Å². The van der Waals surface area contributed by atoms with Crippen molar-refractivity contribution in [2.24, 2.45) is 5.41 Å². The Labute approximate surface area is 94.3 Å². The number of thiophene rings is 1. The van der Waals surface area contributed by atoms with Crippen LogP contribution in [0.25, 0.3) is 0 Å². The largest absolute Gasteiger partial charge is 0.481 e. The van der Waals surface area contributed by atoms with Gasteiger partial charge >= 0.3 is 5.97 Å². The number of rotatable bonds is 4. The minimum atomic E-state index is -0.680. The van der Waals surface area contributed by atoms with E-state index in [0.717, 1.165) is 21.6 Å². The number of carboxylic acid groups (broad SMARTS) is 1. The van der Waals surface area contributed by atoms with E-state index in [2.05, 4.69) is 21.2 Å². The zero-order valence-corrected chi connectivity index (χ0v) is 9.82. The maximum atomic E-state index is 10.9. The number of hydrogen-bond acceptors (Lipinski definition) is 3. The molecule has 1 aromatic rings. The molecule has 0 amide bonds. The standard InChI is InChI=1S/C9H10BrNO2S/c10-6-1-2-7(14-6)11-5-9(3-4-9)8(12)13/h1-2,11H,3-5H2,(H,12,13). The Hall–Kier alpha value is -0.550. The Morgan fingerprint density at radius 2 is 2.36 bits per heavy atom. The molecule has 0 radical (unpaired) electrons. The monoisotopic (exact) mass is 275 g/mol. The van der Waals surface area contributed by atoms with Crippen molar-refractivity contribution in [3.05, 3.63) is 15.9 Å². The molecule has 1 saturated carbocycles. The molecular weight excluding hydrogens is 266 g/mol. The van der Waals surface area contributed by atoms with Crippen molar-refractivity contribution >= 4 is 38.2 Å². The highest BCUT2D eigenvalue weighted by molar-refractivity contribution is 9.11. The summed E-state index contributed by atoms with van der Waals surface area (Å²) in [6.07, 6.45) is 1.59. The van der Waals surface area contributed by atoms with Crippen LogP contribution in [0.1, 0.15) is 12.8 Å². The van der Waals surface area contributed by atoms with Crippen LogP contribution in [-0.4, -0.2) is 17.6 Å². The fourth-order valence-electron chi connectivity index (χ4n) is 1.28. The molecule has 0 aromatic carbocycles. The third kappa shape index (κ3) is 1.93. The summed E-state index contributed by atoms with van der Waals surface area (Å²) in [5.74, 6) is -0.680. The first-order valence-electron chi connectivity index (χ1n) is 4.35. The number of anilines is 1. The van der Waals surface area contributed by atoms with Gasteiger partial charge in [-0.2, -0.15) is 0 Å². The second-order valence-electron chi connectivity index (χ2n) is 3.54. The van der Waals surface area contributed by atoms with Gasteiger partial charge in [-0.15, -0.1) is 11.3 Å². The summed E-state index contributed by atoms with van der Waals surface area (Å²) < 4.78 is 1.06. The van der Waals surface area contributed by atoms with Gasteiger partial charge in [0.1, 0.15) is 0 Å². The maximum Gasteiger partial charge on any atom is 0.311 e. The van der Waals surface area contributed by atoms with Crippen molar-refractivity contribution < 1.29 is 9.90 Å². The van der Waals surface area contributed by atoms with Crippen molar-refractivity contribution in [3.8, 4) is 0 Å². The van der Waals surface area contributed by atoms with Crippen LogP contribution < -0.4 is 5.32 Å². The lowest BCUT2D eigenvalue weighted by atomic mass is 10.1. The van der Waals surface area contributed by atoms with Crippen LogP contribution in [0.4, 0.5) is 5.00 Å². The SMILES string of the molecule is O=C(O)C1(CNc2ccc(Br)s2)CC1. The molecule has 1 aliphatic carbocycles. The van der Waals surface area contributed by atoms with Crippen LogP contribution in [0, 0.1) is 5.41 Å². The van der Waals surface area contributed by atoms with Gasteiger partial charge in [-0.05, 0) is 40.9 Å². The van der Waals surface area contributed by atoms with Crippen molar-refractivity contribution in [3.63, 3.8) is 0 Å². The molecule has 76 valence electrons. The molecule has 14 heavy (non-hydrogen) atoms. The van der Waals surface area contributed by atoms with E-state index in [9.17, 15) is 4.79 Å². The van der Waals surface area contributed by atoms with E-state index in [1.54, 1.807) is 11.3 Å². The van der Waals surface area contributed by atoms with Gasteiger partial charge in [0.15, 0.2) is 0 Å². The van der Waals surface area contributed by atoms with Crippen molar-refractivity contribution in [2.45, 2.75) is 12.8 Å². The van der Waals surface area contributed by atoms with Crippen LogP contribution in [0.3, 0.4) is 0 Å².